The lowest BCUT2D eigenvalue weighted by Gasteiger charge is -2.10. The second-order valence-electron chi connectivity index (χ2n) is 9.66. The van der Waals surface area contributed by atoms with Crippen LogP contribution in [-0.4, -0.2) is 29.5 Å². The summed E-state index contributed by atoms with van der Waals surface area (Å²) >= 11 is 0. The van der Waals surface area contributed by atoms with Gasteiger partial charge in [0.2, 0.25) is 0 Å². The molecule has 0 saturated carbocycles. The molecule has 0 amide bonds. The lowest BCUT2D eigenvalue weighted by molar-refractivity contribution is 0.816. The van der Waals surface area contributed by atoms with Crippen molar-refractivity contribution in [1.29, 1.82) is 0 Å². The van der Waals surface area contributed by atoms with E-state index in [1.807, 2.05) is 42.1 Å². The van der Waals surface area contributed by atoms with Crippen molar-refractivity contribution in [3.8, 4) is 17.1 Å². The number of rotatable bonds is 9. The standard InChI is InChI=1S/C31H29N7O/c1-21-16-25(38-15-14-32-20-38)18-27-29(21)37-30(36-27)28-26(11-13-34-31(28)39)35-19-24-17-23(10-12-33-24)9-5-8-22-6-3-2-4-7-22/h2-4,6-7,10-18,20H,5,8-9,19H2,1H3,(H,36,37)(H2,34,35,39). The van der Waals surface area contributed by atoms with E-state index in [9.17, 15) is 4.79 Å². The molecule has 8 heteroatoms. The zero-order valence-electron chi connectivity index (χ0n) is 21.7. The summed E-state index contributed by atoms with van der Waals surface area (Å²) in [4.78, 5) is 32.6. The number of anilines is 1. The van der Waals surface area contributed by atoms with Crippen molar-refractivity contribution in [3.05, 3.63) is 125 Å². The Balaban J connectivity index is 1.21. The van der Waals surface area contributed by atoms with E-state index in [0.29, 0.717) is 23.6 Å². The van der Waals surface area contributed by atoms with Gasteiger partial charge in [-0.15, -0.1) is 0 Å². The van der Waals surface area contributed by atoms with Gasteiger partial charge >= 0.3 is 0 Å². The molecule has 8 nitrogen and oxygen atoms in total. The van der Waals surface area contributed by atoms with Crippen molar-refractivity contribution in [2.24, 2.45) is 0 Å². The maximum atomic E-state index is 13.0. The van der Waals surface area contributed by atoms with Crippen molar-refractivity contribution in [2.75, 3.05) is 5.32 Å². The molecular formula is C31H29N7O. The van der Waals surface area contributed by atoms with Crippen LogP contribution >= 0.6 is 0 Å². The first-order valence-corrected chi connectivity index (χ1v) is 13.1. The number of aromatic nitrogens is 6. The van der Waals surface area contributed by atoms with Crippen molar-refractivity contribution >= 4 is 16.7 Å². The zero-order chi connectivity index (χ0) is 26.6. The Morgan fingerprint density at radius 1 is 0.974 bits per heavy atom. The number of fused-ring (bicyclic) bond motifs is 1. The fourth-order valence-electron chi connectivity index (χ4n) is 4.92. The van der Waals surface area contributed by atoms with E-state index < -0.39 is 0 Å². The van der Waals surface area contributed by atoms with Crippen LogP contribution in [-0.2, 0) is 19.4 Å². The topological polar surface area (TPSA) is 104 Å². The SMILES string of the molecule is Cc1cc(-n2ccnc2)cc2[nH]c(-c3c(NCc4cc(CCCc5ccccc5)ccn4)cc[nH]c3=O)nc12. The van der Waals surface area contributed by atoms with E-state index in [2.05, 4.69) is 67.7 Å². The predicted molar refractivity (Wildman–Crippen MR) is 154 cm³/mol. The highest BCUT2D eigenvalue weighted by atomic mass is 16.1. The first kappa shape index (κ1) is 24.4. The molecule has 0 radical (unpaired) electrons. The van der Waals surface area contributed by atoms with Crippen LogP contribution in [0.5, 0.6) is 0 Å². The number of H-pyrrole nitrogens is 2. The second kappa shape index (κ2) is 10.8. The zero-order valence-corrected chi connectivity index (χ0v) is 21.7. The van der Waals surface area contributed by atoms with Gasteiger partial charge in [-0.1, -0.05) is 30.3 Å². The quantitative estimate of drug-likeness (QED) is 0.233. The van der Waals surface area contributed by atoms with Crippen LogP contribution < -0.4 is 10.9 Å². The third-order valence-electron chi connectivity index (χ3n) is 6.88. The molecule has 0 bridgehead atoms. The number of hydrogen-bond acceptors (Lipinski definition) is 5. The molecule has 0 aliphatic heterocycles. The molecule has 0 saturated heterocycles. The van der Waals surface area contributed by atoms with E-state index in [0.717, 1.165) is 47.2 Å². The van der Waals surface area contributed by atoms with Gasteiger partial charge in [-0.05, 0) is 73.2 Å². The molecule has 0 atom stereocenters. The monoisotopic (exact) mass is 515 g/mol. The Hall–Kier alpha value is -4.98. The Labute approximate surface area is 225 Å². The van der Waals surface area contributed by atoms with Gasteiger partial charge in [-0.25, -0.2) is 9.97 Å². The molecule has 3 N–H and O–H groups in total. The Bertz CT molecular complexity index is 1770. The van der Waals surface area contributed by atoms with Crippen LogP contribution in [0.1, 0.15) is 28.8 Å². The number of nitrogens with one attached hydrogen (secondary N) is 3. The van der Waals surface area contributed by atoms with Gasteiger partial charge in [0, 0.05) is 30.5 Å². The highest BCUT2D eigenvalue weighted by Gasteiger charge is 2.16. The normalized spacial score (nSPS) is 11.2. The van der Waals surface area contributed by atoms with Crippen molar-refractivity contribution in [2.45, 2.75) is 32.7 Å². The Morgan fingerprint density at radius 2 is 1.85 bits per heavy atom. The van der Waals surface area contributed by atoms with Gasteiger partial charge in [-0.2, -0.15) is 0 Å². The molecule has 0 unspecified atom stereocenters. The van der Waals surface area contributed by atoms with Crippen LogP contribution in [0.25, 0.3) is 28.1 Å². The van der Waals surface area contributed by atoms with E-state index in [4.69, 9.17) is 4.98 Å². The van der Waals surface area contributed by atoms with Gasteiger partial charge in [0.25, 0.3) is 5.56 Å². The third-order valence-corrected chi connectivity index (χ3v) is 6.88. The van der Waals surface area contributed by atoms with Gasteiger partial charge in [0.15, 0.2) is 0 Å². The largest absolute Gasteiger partial charge is 0.379 e. The molecule has 0 aliphatic rings. The Morgan fingerprint density at radius 3 is 2.69 bits per heavy atom. The minimum absolute atomic E-state index is 0.214. The first-order chi connectivity index (χ1) is 19.1. The second-order valence-corrected chi connectivity index (χ2v) is 9.66. The van der Waals surface area contributed by atoms with E-state index in [-0.39, 0.29) is 5.56 Å². The average molecular weight is 516 g/mol. The molecule has 194 valence electrons. The number of pyridine rings is 2. The van der Waals surface area contributed by atoms with Gasteiger partial charge in [-0.3, -0.25) is 9.78 Å². The molecule has 39 heavy (non-hydrogen) atoms. The molecule has 0 spiro atoms. The van der Waals surface area contributed by atoms with Crippen molar-refractivity contribution in [1.82, 2.24) is 29.5 Å². The summed E-state index contributed by atoms with van der Waals surface area (Å²) in [6.07, 6.45) is 12.0. The summed E-state index contributed by atoms with van der Waals surface area (Å²) in [5.41, 5.74) is 8.15. The van der Waals surface area contributed by atoms with E-state index >= 15 is 0 Å². The predicted octanol–water partition coefficient (Wildman–Crippen LogP) is 5.59. The van der Waals surface area contributed by atoms with Crippen LogP contribution in [0.3, 0.4) is 0 Å². The van der Waals surface area contributed by atoms with Gasteiger partial charge in [0.05, 0.1) is 35.3 Å². The highest BCUT2D eigenvalue weighted by molar-refractivity contribution is 5.86. The minimum atomic E-state index is -0.214. The number of hydrogen-bond donors (Lipinski definition) is 3. The van der Waals surface area contributed by atoms with Crippen molar-refractivity contribution < 1.29 is 0 Å². The highest BCUT2D eigenvalue weighted by Crippen LogP contribution is 2.27. The number of nitrogens with zero attached hydrogens (tertiary/aromatic N) is 4. The molecule has 6 aromatic rings. The number of aromatic amines is 2. The fraction of sp³-hybridized carbons (Fsp3) is 0.161. The summed E-state index contributed by atoms with van der Waals surface area (Å²) in [7, 11) is 0. The maximum absolute atomic E-state index is 13.0. The molecule has 0 aliphatic carbocycles. The summed E-state index contributed by atoms with van der Waals surface area (Å²) < 4.78 is 1.94. The van der Waals surface area contributed by atoms with E-state index in [1.165, 1.54) is 11.1 Å². The summed E-state index contributed by atoms with van der Waals surface area (Å²) in [6, 6.07) is 20.7. The van der Waals surface area contributed by atoms with E-state index in [1.54, 1.807) is 18.7 Å². The lowest BCUT2D eigenvalue weighted by atomic mass is 10.0. The molecule has 0 fully saturated rings. The molecular weight excluding hydrogens is 486 g/mol. The van der Waals surface area contributed by atoms with Crippen LogP contribution in [0.2, 0.25) is 0 Å². The summed E-state index contributed by atoms with van der Waals surface area (Å²) in [5, 5.41) is 3.42. The maximum Gasteiger partial charge on any atom is 0.261 e. The lowest BCUT2D eigenvalue weighted by Crippen LogP contribution is -2.13. The van der Waals surface area contributed by atoms with Gasteiger partial charge in [0.1, 0.15) is 11.4 Å². The number of benzene rings is 2. The van der Waals surface area contributed by atoms with Gasteiger partial charge < -0.3 is 19.9 Å². The van der Waals surface area contributed by atoms with Crippen LogP contribution in [0.4, 0.5) is 5.69 Å². The van der Waals surface area contributed by atoms with Crippen LogP contribution in [0, 0.1) is 6.92 Å². The first-order valence-electron chi connectivity index (χ1n) is 13.1. The third kappa shape index (κ3) is 5.36. The van der Waals surface area contributed by atoms with Crippen molar-refractivity contribution in [3.63, 3.8) is 0 Å². The summed E-state index contributed by atoms with van der Waals surface area (Å²) in [6.45, 7) is 2.51. The molecule has 6 rings (SSSR count). The summed E-state index contributed by atoms with van der Waals surface area (Å²) in [5.74, 6) is 0.517. The molecule has 2 aromatic carbocycles. The smallest absolute Gasteiger partial charge is 0.261 e. The Kier molecular flexibility index (Phi) is 6.74. The molecule has 4 aromatic heterocycles. The number of aryl methyl sites for hydroxylation is 3. The van der Waals surface area contributed by atoms with Crippen LogP contribution in [0.15, 0.2) is 96.6 Å². The number of imidazole rings is 2. The molecule has 4 heterocycles. The minimum Gasteiger partial charge on any atom is -0.379 e. The average Bonchev–Trinajstić information content (AvgIpc) is 3.64. The fourth-order valence-corrected chi connectivity index (χ4v) is 4.92.